The molecule has 0 radical (unpaired) electrons. The van der Waals surface area contributed by atoms with E-state index in [0.717, 1.165) is 39.4 Å². The number of benzene rings is 3. The van der Waals surface area contributed by atoms with E-state index >= 15 is 0 Å². The molecule has 0 aromatic heterocycles. The zero-order valence-corrected chi connectivity index (χ0v) is 14.6. The zero-order chi connectivity index (χ0) is 17.8. The molecule has 0 aliphatic carbocycles. The molecule has 3 aromatic carbocycles. The fourth-order valence-electron chi connectivity index (χ4n) is 2.75. The van der Waals surface area contributed by atoms with Crippen molar-refractivity contribution in [3.8, 4) is 16.9 Å². The van der Waals surface area contributed by atoms with Crippen LogP contribution in [0.25, 0.3) is 11.1 Å². The van der Waals surface area contributed by atoms with Gasteiger partial charge in [-0.25, -0.2) is 4.39 Å². The predicted octanol–water partition coefficient (Wildman–Crippen LogP) is 5.95. The largest absolute Gasteiger partial charge is 0.497 e. The van der Waals surface area contributed by atoms with Gasteiger partial charge in [-0.05, 0) is 67.4 Å². The summed E-state index contributed by atoms with van der Waals surface area (Å²) in [6.45, 7) is 4.05. The molecule has 0 saturated carbocycles. The van der Waals surface area contributed by atoms with E-state index < -0.39 is 0 Å². The molecule has 0 heterocycles. The molecule has 0 amide bonds. The summed E-state index contributed by atoms with van der Waals surface area (Å²) in [6.07, 6.45) is 0. The van der Waals surface area contributed by atoms with E-state index in [1.54, 1.807) is 19.2 Å². The third-order valence-electron chi connectivity index (χ3n) is 4.09. The number of hydrogen-bond donors (Lipinski definition) is 0. The minimum absolute atomic E-state index is 0.235. The molecule has 0 aliphatic rings. The molecule has 0 bridgehead atoms. The highest BCUT2D eigenvalue weighted by molar-refractivity contribution is 6.05. The molecule has 2 nitrogen and oxygen atoms in total. The quantitative estimate of drug-likeness (QED) is 0.541. The highest BCUT2D eigenvalue weighted by Gasteiger charge is 2.09. The van der Waals surface area contributed by atoms with Gasteiger partial charge in [-0.15, -0.1) is 0 Å². The minimum Gasteiger partial charge on any atom is -0.497 e. The van der Waals surface area contributed by atoms with Gasteiger partial charge >= 0.3 is 0 Å². The van der Waals surface area contributed by atoms with Gasteiger partial charge in [-0.2, -0.15) is 0 Å². The summed E-state index contributed by atoms with van der Waals surface area (Å²) in [5, 5.41) is 0. The Morgan fingerprint density at radius 3 is 2.24 bits per heavy atom. The Morgan fingerprint density at radius 1 is 0.920 bits per heavy atom. The number of rotatable bonds is 4. The summed E-state index contributed by atoms with van der Waals surface area (Å²) in [5.74, 6) is 0.570. The smallest absolute Gasteiger partial charge is 0.123 e. The van der Waals surface area contributed by atoms with Gasteiger partial charge in [0.1, 0.15) is 11.6 Å². The molecule has 0 fully saturated rings. The van der Waals surface area contributed by atoms with Crippen LogP contribution in [0, 0.1) is 12.7 Å². The first-order valence-electron chi connectivity index (χ1n) is 8.13. The van der Waals surface area contributed by atoms with Crippen molar-refractivity contribution < 1.29 is 9.13 Å². The second-order valence-corrected chi connectivity index (χ2v) is 5.95. The van der Waals surface area contributed by atoms with Crippen LogP contribution in [0.3, 0.4) is 0 Å². The Labute approximate surface area is 147 Å². The van der Waals surface area contributed by atoms with Gasteiger partial charge < -0.3 is 4.74 Å². The maximum Gasteiger partial charge on any atom is 0.123 e. The summed E-state index contributed by atoms with van der Waals surface area (Å²) < 4.78 is 18.4. The average Bonchev–Trinajstić information content (AvgIpc) is 2.63. The molecule has 3 aromatic rings. The lowest BCUT2D eigenvalue weighted by Crippen LogP contribution is -1.99. The number of ether oxygens (including phenoxy) is 1. The van der Waals surface area contributed by atoms with Crippen LogP contribution in [-0.4, -0.2) is 12.8 Å². The number of methoxy groups -OCH3 is 1. The fraction of sp³-hybridized carbons (Fsp3) is 0.136. The van der Waals surface area contributed by atoms with Crippen LogP contribution in [0.2, 0.25) is 0 Å². The first-order valence-corrected chi connectivity index (χ1v) is 8.13. The third-order valence-corrected chi connectivity index (χ3v) is 4.09. The van der Waals surface area contributed by atoms with Gasteiger partial charge in [0, 0.05) is 11.3 Å². The molecule has 126 valence electrons. The number of nitrogens with zero attached hydrogens (tertiary/aromatic N) is 1. The Hall–Kier alpha value is -2.94. The van der Waals surface area contributed by atoms with Crippen LogP contribution < -0.4 is 4.74 Å². The molecule has 0 unspecified atom stereocenters. The third kappa shape index (κ3) is 3.94. The zero-order valence-electron chi connectivity index (χ0n) is 14.6. The van der Waals surface area contributed by atoms with Gasteiger partial charge in [0.2, 0.25) is 0 Å². The molecule has 0 atom stereocenters. The van der Waals surface area contributed by atoms with Crippen LogP contribution in [0.4, 0.5) is 10.1 Å². The highest BCUT2D eigenvalue weighted by atomic mass is 19.1. The number of hydrogen-bond acceptors (Lipinski definition) is 2. The van der Waals surface area contributed by atoms with Crippen LogP contribution in [0.5, 0.6) is 5.75 Å². The summed E-state index contributed by atoms with van der Waals surface area (Å²) in [7, 11) is 1.64. The van der Waals surface area contributed by atoms with Gasteiger partial charge in [0.25, 0.3) is 0 Å². The Morgan fingerprint density at radius 2 is 1.60 bits per heavy atom. The lowest BCUT2D eigenvalue weighted by atomic mass is 9.95. The maximum atomic E-state index is 13.2. The van der Waals surface area contributed by atoms with Crippen LogP contribution >= 0.6 is 0 Å². The standard InChI is InChI=1S/C22H20FNO/c1-15-4-13-21(17-5-7-18(23)8-6-17)22(14-15)16(2)24-19-9-11-20(25-3)12-10-19/h4-14H,1-3H3. The lowest BCUT2D eigenvalue weighted by Gasteiger charge is -2.11. The summed E-state index contributed by atoms with van der Waals surface area (Å²) in [4.78, 5) is 4.74. The van der Waals surface area contributed by atoms with Crippen molar-refractivity contribution in [2.45, 2.75) is 13.8 Å². The van der Waals surface area contributed by atoms with Gasteiger partial charge in [-0.1, -0.05) is 29.8 Å². The first kappa shape index (κ1) is 16.9. The molecule has 0 spiro atoms. The monoisotopic (exact) mass is 333 g/mol. The first-order chi connectivity index (χ1) is 12.1. The Kier molecular flexibility index (Phi) is 4.94. The Bertz CT molecular complexity index is 896. The second kappa shape index (κ2) is 7.31. The Balaban J connectivity index is 2.03. The molecule has 3 heteroatoms. The van der Waals surface area contributed by atoms with Crippen LogP contribution in [0.1, 0.15) is 18.1 Å². The topological polar surface area (TPSA) is 21.6 Å². The molecule has 0 aliphatic heterocycles. The molecule has 0 saturated heterocycles. The van der Waals surface area contributed by atoms with E-state index in [2.05, 4.69) is 25.1 Å². The average molecular weight is 333 g/mol. The number of halogens is 1. The van der Waals surface area contributed by atoms with Gasteiger partial charge in [0.05, 0.1) is 12.8 Å². The van der Waals surface area contributed by atoms with E-state index in [1.807, 2.05) is 31.2 Å². The van der Waals surface area contributed by atoms with Crippen LogP contribution in [0.15, 0.2) is 71.7 Å². The fourth-order valence-corrected chi connectivity index (χ4v) is 2.75. The van der Waals surface area contributed by atoms with E-state index in [0.29, 0.717) is 0 Å². The van der Waals surface area contributed by atoms with E-state index in [4.69, 9.17) is 9.73 Å². The summed E-state index contributed by atoms with van der Waals surface area (Å²) >= 11 is 0. The van der Waals surface area contributed by atoms with Crippen molar-refractivity contribution in [2.24, 2.45) is 4.99 Å². The van der Waals surface area contributed by atoms with Crippen molar-refractivity contribution >= 4 is 11.4 Å². The van der Waals surface area contributed by atoms with Gasteiger partial charge in [0.15, 0.2) is 0 Å². The molecule has 25 heavy (non-hydrogen) atoms. The molecular formula is C22H20FNO. The molecular weight excluding hydrogens is 313 g/mol. The highest BCUT2D eigenvalue weighted by Crippen LogP contribution is 2.27. The van der Waals surface area contributed by atoms with E-state index in [1.165, 1.54) is 12.1 Å². The van der Waals surface area contributed by atoms with Crippen LogP contribution in [-0.2, 0) is 0 Å². The normalized spacial score (nSPS) is 11.4. The van der Waals surface area contributed by atoms with Gasteiger partial charge in [-0.3, -0.25) is 4.99 Å². The van der Waals surface area contributed by atoms with Crippen molar-refractivity contribution in [3.05, 3.63) is 83.7 Å². The van der Waals surface area contributed by atoms with E-state index in [9.17, 15) is 4.39 Å². The van der Waals surface area contributed by atoms with Crippen molar-refractivity contribution in [3.63, 3.8) is 0 Å². The van der Waals surface area contributed by atoms with E-state index in [-0.39, 0.29) is 5.82 Å². The van der Waals surface area contributed by atoms with Crippen molar-refractivity contribution in [1.82, 2.24) is 0 Å². The maximum absolute atomic E-state index is 13.2. The molecule has 0 N–H and O–H groups in total. The molecule has 3 rings (SSSR count). The SMILES string of the molecule is COc1ccc(N=C(C)c2cc(C)ccc2-c2ccc(F)cc2)cc1. The lowest BCUT2D eigenvalue weighted by molar-refractivity contribution is 0.415. The van der Waals surface area contributed by atoms with Crippen molar-refractivity contribution in [1.29, 1.82) is 0 Å². The predicted molar refractivity (Wildman–Crippen MR) is 101 cm³/mol. The van der Waals surface area contributed by atoms with Crippen molar-refractivity contribution in [2.75, 3.05) is 7.11 Å². The number of aryl methyl sites for hydroxylation is 1. The minimum atomic E-state index is -0.235. The second-order valence-electron chi connectivity index (χ2n) is 5.95. The number of aliphatic imine (C=N–C) groups is 1. The summed E-state index contributed by atoms with van der Waals surface area (Å²) in [6, 6.07) is 20.4. The summed E-state index contributed by atoms with van der Waals surface area (Å²) in [5.41, 5.74) is 5.99.